The lowest BCUT2D eigenvalue weighted by Gasteiger charge is -1.96. The predicted octanol–water partition coefficient (Wildman–Crippen LogP) is 2.25. The summed E-state index contributed by atoms with van der Waals surface area (Å²) in [5.74, 6) is 1.57. The van der Waals surface area contributed by atoms with Gasteiger partial charge in [-0.25, -0.2) is 4.98 Å². The molecule has 1 heterocycles. The van der Waals surface area contributed by atoms with E-state index in [-0.39, 0.29) is 0 Å². The minimum atomic E-state index is 0.501. The average Bonchev–Trinajstić information content (AvgIpc) is 2.34. The number of nitrogens with one attached hydrogen (secondary N) is 1. The number of imidazole rings is 1. The maximum atomic E-state index is 4.21. The van der Waals surface area contributed by atoms with Gasteiger partial charge in [0.05, 0.1) is 11.2 Å². The third kappa shape index (κ3) is 1.53. The first kappa shape index (κ1) is 7.66. The van der Waals surface area contributed by atoms with Crippen LogP contribution in [0.25, 0.3) is 0 Å². The summed E-state index contributed by atoms with van der Waals surface area (Å²) in [6, 6.07) is 0. The first-order valence-corrected chi connectivity index (χ1v) is 4.55. The Morgan fingerprint density at radius 2 is 2.30 bits per heavy atom. The molecule has 0 spiro atoms. The molecule has 0 atom stereocenters. The van der Waals surface area contributed by atoms with E-state index in [1.54, 1.807) is 11.8 Å². The first-order chi connectivity index (χ1) is 4.74. The standard InChI is InChI=1S/C7H12N2S/c1-5(2)7-8-4-6(9-7)10-3/h4-5H,1-3H3,(H,8,9). The minimum absolute atomic E-state index is 0.501. The molecule has 0 aliphatic rings. The van der Waals surface area contributed by atoms with Crippen LogP contribution in [-0.4, -0.2) is 16.2 Å². The van der Waals surface area contributed by atoms with Crippen molar-refractivity contribution >= 4 is 11.8 Å². The molecule has 3 heteroatoms. The smallest absolute Gasteiger partial charge is 0.109 e. The molecular formula is C7H12N2S. The number of aromatic amines is 1. The second-order valence-electron chi connectivity index (χ2n) is 2.49. The van der Waals surface area contributed by atoms with E-state index in [9.17, 15) is 0 Å². The summed E-state index contributed by atoms with van der Waals surface area (Å²) in [4.78, 5) is 7.42. The topological polar surface area (TPSA) is 28.7 Å². The van der Waals surface area contributed by atoms with Gasteiger partial charge in [-0.05, 0) is 6.26 Å². The van der Waals surface area contributed by atoms with Crippen molar-refractivity contribution in [3.63, 3.8) is 0 Å². The third-order valence-electron chi connectivity index (χ3n) is 1.34. The van der Waals surface area contributed by atoms with Crippen LogP contribution in [-0.2, 0) is 0 Å². The van der Waals surface area contributed by atoms with Gasteiger partial charge in [-0.2, -0.15) is 0 Å². The number of aromatic nitrogens is 2. The number of hydrogen-bond acceptors (Lipinski definition) is 2. The van der Waals surface area contributed by atoms with E-state index in [0.717, 1.165) is 10.9 Å². The Hall–Kier alpha value is -0.440. The van der Waals surface area contributed by atoms with Crippen molar-refractivity contribution in [2.24, 2.45) is 0 Å². The first-order valence-electron chi connectivity index (χ1n) is 3.33. The largest absolute Gasteiger partial charge is 0.337 e. The zero-order chi connectivity index (χ0) is 7.56. The Labute approximate surface area is 65.4 Å². The summed E-state index contributed by atoms with van der Waals surface area (Å²) in [6.07, 6.45) is 3.91. The van der Waals surface area contributed by atoms with Crippen LogP contribution in [0.5, 0.6) is 0 Å². The van der Waals surface area contributed by atoms with E-state index in [1.165, 1.54) is 0 Å². The highest BCUT2D eigenvalue weighted by molar-refractivity contribution is 7.98. The van der Waals surface area contributed by atoms with Crippen LogP contribution in [0.1, 0.15) is 25.6 Å². The fraction of sp³-hybridized carbons (Fsp3) is 0.571. The van der Waals surface area contributed by atoms with Crippen molar-refractivity contribution in [2.45, 2.75) is 24.8 Å². The van der Waals surface area contributed by atoms with Crippen LogP contribution < -0.4 is 0 Å². The second kappa shape index (κ2) is 3.10. The maximum Gasteiger partial charge on any atom is 0.109 e. The molecule has 0 bridgehead atoms. The van der Waals surface area contributed by atoms with Gasteiger partial charge in [0.15, 0.2) is 0 Å². The molecule has 1 N–H and O–H groups in total. The van der Waals surface area contributed by atoms with Crippen LogP contribution in [0, 0.1) is 0 Å². The molecule has 0 aromatic carbocycles. The Bertz CT molecular complexity index is 205. The molecule has 10 heavy (non-hydrogen) atoms. The molecule has 0 saturated carbocycles. The molecule has 56 valence electrons. The van der Waals surface area contributed by atoms with Crippen molar-refractivity contribution in [3.05, 3.63) is 12.0 Å². The SMILES string of the molecule is CSc1cnc(C(C)C)[nH]1. The average molecular weight is 156 g/mol. The lowest BCUT2D eigenvalue weighted by molar-refractivity contribution is 0.787. The summed E-state index contributed by atoms with van der Waals surface area (Å²) in [5, 5.41) is 1.14. The fourth-order valence-corrected chi connectivity index (χ4v) is 1.08. The van der Waals surface area contributed by atoms with Crippen LogP contribution in [0.4, 0.5) is 0 Å². The highest BCUT2D eigenvalue weighted by Gasteiger charge is 2.02. The third-order valence-corrected chi connectivity index (χ3v) is 1.99. The summed E-state index contributed by atoms with van der Waals surface area (Å²) < 4.78 is 0. The molecule has 1 rings (SSSR count). The van der Waals surface area contributed by atoms with E-state index in [0.29, 0.717) is 5.92 Å². The second-order valence-corrected chi connectivity index (χ2v) is 3.34. The number of H-pyrrole nitrogens is 1. The van der Waals surface area contributed by atoms with Gasteiger partial charge in [-0.3, -0.25) is 0 Å². The van der Waals surface area contributed by atoms with E-state index in [1.807, 2.05) is 12.5 Å². The highest BCUT2D eigenvalue weighted by atomic mass is 32.2. The Balaban J connectivity index is 2.78. The minimum Gasteiger partial charge on any atom is -0.337 e. The number of hydrogen-bond donors (Lipinski definition) is 1. The van der Waals surface area contributed by atoms with E-state index in [4.69, 9.17) is 0 Å². The number of thioether (sulfide) groups is 1. The van der Waals surface area contributed by atoms with Gasteiger partial charge in [-0.1, -0.05) is 13.8 Å². The molecule has 0 aliphatic carbocycles. The summed E-state index contributed by atoms with van der Waals surface area (Å²) in [5.41, 5.74) is 0. The summed E-state index contributed by atoms with van der Waals surface area (Å²) >= 11 is 1.69. The quantitative estimate of drug-likeness (QED) is 0.665. The van der Waals surface area contributed by atoms with Crippen molar-refractivity contribution < 1.29 is 0 Å². The molecule has 1 aromatic rings. The summed E-state index contributed by atoms with van der Waals surface area (Å²) in [7, 11) is 0. The normalized spacial score (nSPS) is 10.8. The predicted molar refractivity (Wildman–Crippen MR) is 44.5 cm³/mol. The van der Waals surface area contributed by atoms with Gasteiger partial charge < -0.3 is 4.98 Å². The zero-order valence-electron chi connectivity index (χ0n) is 6.51. The molecule has 2 nitrogen and oxygen atoms in total. The summed E-state index contributed by atoms with van der Waals surface area (Å²) in [6.45, 7) is 4.26. The molecule has 0 unspecified atom stereocenters. The zero-order valence-corrected chi connectivity index (χ0v) is 7.33. The molecule has 1 aromatic heterocycles. The molecule has 0 aliphatic heterocycles. The monoisotopic (exact) mass is 156 g/mol. The van der Waals surface area contributed by atoms with E-state index < -0.39 is 0 Å². The number of nitrogens with zero attached hydrogens (tertiary/aromatic N) is 1. The lowest BCUT2D eigenvalue weighted by atomic mass is 10.2. The van der Waals surface area contributed by atoms with Crippen LogP contribution in [0.15, 0.2) is 11.2 Å². The van der Waals surface area contributed by atoms with Crippen molar-refractivity contribution in [2.75, 3.05) is 6.26 Å². The van der Waals surface area contributed by atoms with Gasteiger partial charge in [-0.15, -0.1) is 11.8 Å². The lowest BCUT2D eigenvalue weighted by Crippen LogP contribution is -1.88. The van der Waals surface area contributed by atoms with Crippen molar-refractivity contribution in [1.29, 1.82) is 0 Å². The highest BCUT2D eigenvalue weighted by Crippen LogP contribution is 2.15. The van der Waals surface area contributed by atoms with Gasteiger partial charge in [0.25, 0.3) is 0 Å². The van der Waals surface area contributed by atoms with Gasteiger partial charge in [0.1, 0.15) is 5.82 Å². The van der Waals surface area contributed by atoms with Gasteiger partial charge in [0.2, 0.25) is 0 Å². The maximum absolute atomic E-state index is 4.21. The van der Waals surface area contributed by atoms with Crippen LogP contribution in [0.3, 0.4) is 0 Å². The van der Waals surface area contributed by atoms with Gasteiger partial charge in [0, 0.05) is 5.92 Å². The van der Waals surface area contributed by atoms with E-state index in [2.05, 4.69) is 23.8 Å². The van der Waals surface area contributed by atoms with Gasteiger partial charge >= 0.3 is 0 Å². The Kier molecular flexibility index (Phi) is 2.38. The number of rotatable bonds is 2. The molecule has 0 amide bonds. The molecule has 0 radical (unpaired) electrons. The van der Waals surface area contributed by atoms with Crippen molar-refractivity contribution in [3.8, 4) is 0 Å². The van der Waals surface area contributed by atoms with E-state index >= 15 is 0 Å². The fourth-order valence-electron chi connectivity index (χ4n) is 0.716. The molecule has 0 fully saturated rings. The Morgan fingerprint density at radius 3 is 2.60 bits per heavy atom. The molecular weight excluding hydrogens is 144 g/mol. The van der Waals surface area contributed by atoms with Crippen molar-refractivity contribution in [1.82, 2.24) is 9.97 Å². The van der Waals surface area contributed by atoms with Crippen LogP contribution >= 0.6 is 11.8 Å². The van der Waals surface area contributed by atoms with Crippen LogP contribution in [0.2, 0.25) is 0 Å². The Morgan fingerprint density at radius 1 is 1.60 bits per heavy atom. The molecule has 0 saturated heterocycles.